The average molecular weight is 255 g/mol. The Morgan fingerprint density at radius 1 is 1.22 bits per heavy atom. The van der Waals surface area contributed by atoms with Crippen LogP contribution in [0.2, 0.25) is 0 Å². The molecule has 2 N–H and O–H groups in total. The normalized spacial score (nSPS) is 11.5. The summed E-state index contributed by atoms with van der Waals surface area (Å²) in [5.74, 6) is 1.19. The van der Waals surface area contributed by atoms with Crippen LogP contribution in [0.5, 0.6) is 5.88 Å². The Labute approximate surface area is 109 Å². The number of aryl methyl sites for hydroxylation is 1. The fourth-order valence-corrected chi connectivity index (χ4v) is 1.55. The third-order valence-corrected chi connectivity index (χ3v) is 2.49. The van der Waals surface area contributed by atoms with Crippen molar-refractivity contribution in [2.24, 2.45) is 5.92 Å². The molecule has 0 amide bonds. The average Bonchev–Trinajstić information content (AvgIpc) is 2.56. The Balaban J connectivity index is 2.51. The molecule has 0 aliphatic carbocycles. The number of ether oxygens (including phenoxy) is 2. The maximum atomic E-state index is 5.96. The van der Waals surface area contributed by atoms with Gasteiger partial charge in [-0.3, -0.25) is 0 Å². The van der Waals surface area contributed by atoms with Gasteiger partial charge in [-0.2, -0.15) is 5.10 Å². The molecular weight excluding hydrogens is 230 g/mol. The van der Waals surface area contributed by atoms with Crippen LogP contribution in [0.4, 0.5) is 5.69 Å². The van der Waals surface area contributed by atoms with Crippen LogP contribution in [-0.2, 0) is 4.74 Å². The fraction of sp³-hybridized carbons (Fsp3) is 0.769. The van der Waals surface area contributed by atoms with Gasteiger partial charge in [0.2, 0.25) is 5.88 Å². The number of hydrogen-bond acceptors (Lipinski definition) is 4. The third kappa shape index (κ3) is 3.91. The quantitative estimate of drug-likeness (QED) is 0.760. The van der Waals surface area contributed by atoms with Crippen molar-refractivity contribution >= 4 is 5.69 Å². The molecule has 0 aliphatic heterocycles. The monoisotopic (exact) mass is 255 g/mol. The molecule has 0 unspecified atom stereocenters. The molecular formula is C13H25N3O2. The molecule has 0 fully saturated rings. The van der Waals surface area contributed by atoms with Crippen molar-refractivity contribution in [3.8, 4) is 5.88 Å². The number of nitrogen functional groups attached to an aromatic ring is 1. The Kier molecular flexibility index (Phi) is 5.47. The predicted molar refractivity (Wildman–Crippen MR) is 72.9 cm³/mol. The first-order valence-electron chi connectivity index (χ1n) is 6.48. The van der Waals surface area contributed by atoms with E-state index in [-0.39, 0.29) is 6.04 Å². The zero-order valence-electron chi connectivity index (χ0n) is 12.1. The number of anilines is 1. The largest absolute Gasteiger partial charge is 0.474 e. The summed E-state index contributed by atoms with van der Waals surface area (Å²) >= 11 is 0. The fourth-order valence-electron chi connectivity index (χ4n) is 1.55. The van der Waals surface area contributed by atoms with E-state index in [1.54, 1.807) is 0 Å². The number of nitrogens with zero attached hydrogens (tertiary/aromatic N) is 2. The lowest BCUT2D eigenvalue weighted by Crippen LogP contribution is -2.14. The van der Waals surface area contributed by atoms with Gasteiger partial charge in [0.1, 0.15) is 12.3 Å². The van der Waals surface area contributed by atoms with E-state index in [9.17, 15) is 0 Å². The second-order valence-electron chi connectivity index (χ2n) is 5.16. The number of aromatic nitrogens is 2. The molecule has 0 aliphatic rings. The molecule has 18 heavy (non-hydrogen) atoms. The van der Waals surface area contributed by atoms with Crippen molar-refractivity contribution in [1.29, 1.82) is 0 Å². The summed E-state index contributed by atoms with van der Waals surface area (Å²) in [6, 6.07) is 0.229. The van der Waals surface area contributed by atoms with Crippen molar-refractivity contribution in [1.82, 2.24) is 9.78 Å². The Hall–Kier alpha value is -1.23. The molecule has 0 saturated heterocycles. The van der Waals surface area contributed by atoms with E-state index in [1.165, 1.54) is 0 Å². The van der Waals surface area contributed by atoms with Gasteiger partial charge in [-0.05, 0) is 26.7 Å². The van der Waals surface area contributed by atoms with Crippen LogP contribution in [0.25, 0.3) is 0 Å². The molecule has 104 valence electrons. The van der Waals surface area contributed by atoms with Gasteiger partial charge in [0.05, 0.1) is 18.3 Å². The summed E-state index contributed by atoms with van der Waals surface area (Å²) in [5, 5.41) is 4.36. The van der Waals surface area contributed by atoms with Crippen LogP contribution >= 0.6 is 0 Å². The highest BCUT2D eigenvalue weighted by Gasteiger charge is 2.15. The van der Waals surface area contributed by atoms with Gasteiger partial charge >= 0.3 is 0 Å². The van der Waals surface area contributed by atoms with Crippen molar-refractivity contribution < 1.29 is 9.47 Å². The molecule has 5 nitrogen and oxygen atoms in total. The topological polar surface area (TPSA) is 62.3 Å². The van der Waals surface area contributed by atoms with Gasteiger partial charge < -0.3 is 15.2 Å². The number of rotatable bonds is 7. The molecule has 0 saturated carbocycles. The first-order valence-corrected chi connectivity index (χ1v) is 6.48. The van der Waals surface area contributed by atoms with Gasteiger partial charge in [0, 0.05) is 6.61 Å². The predicted octanol–water partition coefficient (Wildman–Crippen LogP) is 2.41. The lowest BCUT2D eigenvalue weighted by molar-refractivity contribution is 0.0788. The summed E-state index contributed by atoms with van der Waals surface area (Å²) in [5.41, 5.74) is 7.38. The van der Waals surface area contributed by atoms with Gasteiger partial charge in [0.25, 0.3) is 0 Å². The molecule has 1 aromatic rings. The van der Waals surface area contributed by atoms with E-state index in [4.69, 9.17) is 15.2 Å². The van der Waals surface area contributed by atoms with Gasteiger partial charge in [0.15, 0.2) is 0 Å². The minimum absolute atomic E-state index is 0.229. The molecule has 1 heterocycles. The molecule has 0 spiro atoms. The standard InChI is InChI=1S/C13H25N3O2/c1-9(2)8-17-6-7-18-13-12(14)11(5)15-16(13)10(3)4/h9-10H,6-8,14H2,1-5H3. The first kappa shape index (κ1) is 14.8. The van der Waals surface area contributed by atoms with Crippen molar-refractivity contribution in [2.45, 2.75) is 40.7 Å². The van der Waals surface area contributed by atoms with E-state index in [1.807, 2.05) is 25.5 Å². The van der Waals surface area contributed by atoms with Gasteiger partial charge in [-0.25, -0.2) is 4.68 Å². The van der Waals surface area contributed by atoms with Gasteiger partial charge in [-0.15, -0.1) is 0 Å². The zero-order chi connectivity index (χ0) is 13.7. The molecule has 5 heteroatoms. The SMILES string of the molecule is Cc1nn(C(C)C)c(OCCOCC(C)C)c1N. The highest BCUT2D eigenvalue weighted by Crippen LogP contribution is 2.27. The van der Waals surface area contributed by atoms with Crippen molar-refractivity contribution in [2.75, 3.05) is 25.6 Å². The van der Waals surface area contributed by atoms with Crippen LogP contribution in [0.1, 0.15) is 39.4 Å². The maximum absolute atomic E-state index is 5.96. The van der Waals surface area contributed by atoms with E-state index in [0.717, 1.165) is 12.3 Å². The summed E-state index contributed by atoms with van der Waals surface area (Å²) < 4.78 is 13.0. The zero-order valence-corrected chi connectivity index (χ0v) is 12.1. The Bertz CT molecular complexity index is 373. The molecule has 0 atom stereocenters. The molecule has 0 aromatic carbocycles. The minimum atomic E-state index is 0.229. The van der Waals surface area contributed by atoms with Crippen LogP contribution in [0.3, 0.4) is 0 Å². The van der Waals surface area contributed by atoms with E-state index in [0.29, 0.717) is 30.7 Å². The number of hydrogen-bond donors (Lipinski definition) is 1. The highest BCUT2D eigenvalue weighted by atomic mass is 16.5. The second kappa shape index (κ2) is 6.64. The van der Waals surface area contributed by atoms with Crippen LogP contribution in [-0.4, -0.2) is 29.6 Å². The van der Waals surface area contributed by atoms with Gasteiger partial charge in [-0.1, -0.05) is 13.8 Å². The van der Waals surface area contributed by atoms with Crippen LogP contribution in [0.15, 0.2) is 0 Å². The summed E-state index contributed by atoms with van der Waals surface area (Å²) in [6.45, 7) is 12.0. The van der Waals surface area contributed by atoms with Crippen molar-refractivity contribution in [3.05, 3.63) is 5.69 Å². The van der Waals surface area contributed by atoms with E-state index < -0.39 is 0 Å². The molecule has 0 bridgehead atoms. The van der Waals surface area contributed by atoms with E-state index in [2.05, 4.69) is 18.9 Å². The summed E-state index contributed by atoms with van der Waals surface area (Å²) in [7, 11) is 0. The Morgan fingerprint density at radius 2 is 1.89 bits per heavy atom. The van der Waals surface area contributed by atoms with Crippen molar-refractivity contribution in [3.63, 3.8) is 0 Å². The lowest BCUT2D eigenvalue weighted by atomic mass is 10.2. The smallest absolute Gasteiger partial charge is 0.236 e. The lowest BCUT2D eigenvalue weighted by Gasteiger charge is -2.13. The summed E-state index contributed by atoms with van der Waals surface area (Å²) in [6.07, 6.45) is 0. The molecule has 1 aromatic heterocycles. The molecule has 1 rings (SSSR count). The maximum Gasteiger partial charge on any atom is 0.236 e. The van der Waals surface area contributed by atoms with Crippen LogP contribution in [0, 0.1) is 12.8 Å². The van der Waals surface area contributed by atoms with E-state index >= 15 is 0 Å². The minimum Gasteiger partial charge on any atom is -0.474 e. The number of nitrogens with two attached hydrogens (primary N) is 1. The first-order chi connectivity index (χ1) is 8.43. The Morgan fingerprint density at radius 3 is 2.44 bits per heavy atom. The second-order valence-corrected chi connectivity index (χ2v) is 5.16. The van der Waals surface area contributed by atoms with Crippen LogP contribution < -0.4 is 10.5 Å². The summed E-state index contributed by atoms with van der Waals surface area (Å²) in [4.78, 5) is 0. The molecule has 0 radical (unpaired) electrons. The highest BCUT2D eigenvalue weighted by molar-refractivity contribution is 5.52. The third-order valence-electron chi connectivity index (χ3n) is 2.49.